The third kappa shape index (κ3) is 6.38. The molecule has 0 aromatic heterocycles. The van der Waals surface area contributed by atoms with Crippen LogP contribution in [0.1, 0.15) is 114 Å². The third-order valence-electron chi connectivity index (χ3n) is 14.1. The number of aryl methyl sites for hydroxylation is 1. The molecule has 1 aliphatic carbocycles. The lowest BCUT2D eigenvalue weighted by atomic mass is 9.81. The van der Waals surface area contributed by atoms with Crippen LogP contribution in [0.2, 0.25) is 28.2 Å². The maximum Gasteiger partial charge on any atom is 0.471 e. The van der Waals surface area contributed by atoms with Crippen LogP contribution >= 0.6 is 0 Å². The van der Waals surface area contributed by atoms with Gasteiger partial charge >= 0.3 is 8.56 Å². The number of carbonyl (C=O) groups is 2. The Kier molecular flexibility index (Phi) is 10.8. The van der Waals surface area contributed by atoms with Crippen LogP contribution in [0, 0.1) is 6.92 Å². The number of epoxide rings is 1. The fourth-order valence-electron chi connectivity index (χ4n) is 10.0. The van der Waals surface area contributed by atoms with Crippen molar-refractivity contribution in [1.29, 1.82) is 0 Å². The van der Waals surface area contributed by atoms with E-state index in [1.807, 2.05) is 37.3 Å². The van der Waals surface area contributed by atoms with E-state index in [0.29, 0.717) is 44.7 Å². The first-order chi connectivity index (χ1) is 28.9. The maximum absolute atomic E-state index is 15.6. The molecular formula is C47H64O13Si2. The summed E-state index contributed by atoms with van der Waals surface area (Å²) in [6.45, 7) is 25.9. The Bertz CT molecular complexity index is 2280. The Morgan fingerprint density at radius 2 is 1.42 bits per heavy atom. The van der Waals surface area contributed by atoms with Gasteiger partial charge in [0.15, 0.2) is 20.2 Å². The predicted octanol–water partition coefficient (Wildman–Crippen LogP) is 9.34. The number of methoxy groups -OCH3 is 4. The number of carbonyl (C=O) groups excluding carboxylic acids is 2. The van der Waals surface area contributed by atoms with Crippen LogP contribution in [0.15, 0.2) is 30.3 Å². The summed E-state index contributed by atoms with van der Waals surface area (Å²) in [5, 5.41) is -0.0774. The van der Waals surface area contributed by atoms with E-state index in [-0.39, 0.29) is 36.2 Å². The number of Topliss-reactive ketones (excluding diaryl/α,β-unsaturated/α-hetero) is 2. The molecule has 3 aromatic carbocycles. The highest BCUT2D eigenvalue weighted by atomic mass is 28.4. The molecule has 0 saturated carbocycles. The van der Waals surface area contributed by atoms with Gasteiger partial charge in [0.05, 0.1) is 44.5 Å². The first-order valence-electron chi connectivity index (χ1n) is 21.5. The molecule has 13 nitrogen and oxygen atoms in total. The molecule has 2 bridgehead atoms. The number of hydrogen-bond acceptors (Lipinski definition) is 13. The topological polar surface area (TPSA) is 139 Å². The summed E-state index contributed by atoms with van der Waals surface area (Å²) in [6.07, 6.45) is -4.27. The summed E-state index contributed by atoms with van der Waals surface area (Å²) in [7, 11) is 0.101. The van der Waals surface area contributed by atoms with Gasteiger partial charge < -0.3 is 51.2 Å². The van der Waals surface area contributed by atoms with Crippen LogP contribution < -0.4 is 18.3 Å². The Balaban J connectivity index is 1.41. The predicted molar refractivity (Wildman–Crippen MR) is 236 cm³/mol. The van der Waals surface area contributed by atoms with E-state index < -0.39 is 69.0 Å². The lowest BCUT2D eigenvalue weighted by molar-refractivity contribution is -0.317. The summed E-state index contributed by atoms with van der Waals surface area (Å²) in [6, 6.07) is 9.74. The van der Waals surface area contributed by atoms with Crippen LogP contribution in [0.5, 0.6) is 23.0 Å². The van der Waals surface area contributed by atoms with Crippen molar-refractivity contribution in [2.45, 2.75) is 153 Å². The molecule has 3 aromatic rings. The summed E-state index contributed by atoms with van der Waals surface area (Å²) >= 11 is 0. The first-order valence-corrected chi connectivity index (χ1v) is 26.2. The zero-order chi connectivity index (χ0) is 45.3. The van der Waals surface area contributed by atoms with E-state index in [1.165, 1.54) is 14.2 Å². The Morgan fingerprint density at radius 3 is 1.95 bits per heavy atom. The highest BCUT2D eigenvalue weighted by Gasteiger charge is 2.84. The number of benzene rings is 3. The van der Waals surface area contributed by atoms with Crippen molar-refractivity contribution in [3.05, 3.63) is 58.1 Å². The molecule has 3 fully saturated rings. The second kappa shape index (κ2) is 14.8. The van der Waals surface area contributed by atoms with Gasteiger partial charge in [-0.25, -0.2) is 0 Å². The monoisotopic (exact) mass is 892 g/mol. The quantitative estimate of drug-likeness (QED) is 0.103. The molecule has 0 unspecified atom stereocenters. The SMILES string of the molecule is COc1ccc(CO[C@H]2C[C@H](O[Si](C)(C)C(C)(C)C)C(=O)c3c2c(OC)c2cc(C)c([C@@H]4O[C@]5(C(OC)OC)O[C@H]4C(=O)[C@@]54CO4)c4c2c3O[Si](C(C)(C)C)(C(C)(C)C)O4)cc1. The Morgan fingerprint density at radius 1 is 0.823 bits per heavy atom. The number of rotatable bonds is 11. The lowest BCUT2D eigenvalue weighted by Gasteiger charge is -2.52. The standard InChI is InChI=1S/C47H64O13Si2/c1-25-21-28-32-37(31(25)39-40-41(49)46(24-55-46)47(56-39,57-40)42(52-13)53-14)59-62(44(5,6)7,45(8,9)10)60-38(32)34-33(36(28)51-12)29(54-23-26-17-19-27(50-11)20-18-26)22-30(35(34)48)58-61(15,16)43(2,3)4/h17-21,29-30,39-40,42H,22-24H2,1-16H3/t29-,30-,39-,40+,46-,47+/m0/s1. The smallest absolute Gasteiger partial charge is 0.471 e. The average Bonchev–Trinajstić information content (AvgIpc) is 3.86. The molecule has 1 spiro atoms. The largest absolute Gasteiger partial charge is 0.510 e. The van der Waals surface area contributed by atoms with Crippen molar-refractivity contribution in [3.63, 3.8) is 0 Å². The van der Waals surface area contributed by atoms with Gasteiger partial charge in [-0.15, -0.1) is 0 Å². The van der Waals surface area contributed by atoms with Crippen LogP contribution in [-0.2, 0) is 44.2 Å². The van der Waals surface area contributed by atoms with Crippen molar-refractivity contribution >= 4 is 39.2 Å². The Hall–Kier alpha value is -3.39. The molecule has 3 saturated heterocycles. The number of ketones is 2. The number of hydrogen-bond donors (Lipinski definition) is 0. The minimum absolute atomic E-state index is 0.117. The maximum atomic E-state index is 15.6. The van der Waals surface area contributed by atoms with Crippen molar-refractivity contribution in [3.8, 4) is 23.0 Å². The second-order valence-corrected chi connectivity index (χ2v) is 30.4. The molecule has 338 valence electrons. The minimum atomic E-state index is -3.58. The van der Waals surface area contributed by atoms with Gasteiger partial charge in [-0.3, -0.25) is 9.59 Å². The van der Waals surface area contributed by atoms with E-state index in [0.717, 1.165) is 16.9 Å². The Labute approximate surface area is 367 Å². The second-order valence-electron chi connectivity index (χ2n) is 21.0. The molecule has 4 aliphatic heterocycles. The van der Waals surface area contributed by atoms with Crippen molar-refractivity contribution in [2.75, 3.05) is 35.0 Å². The molecule has 8 rings (SSSR count). The van der Waals surface area contributed by atoms with Crippen molar-refractivity contribution in [1.82, 2.24) is 0 Å². The fourth-order valence-corrected chi connectivity index (χ4v) is 15.8. The molecule has 5 aliphatic rings. The highest BCUT2D eigenvalue weighted by Crippen LogP contribution is 2.66. The molecule has 62 heavy (non-hydrogen) atoms. The number of ether oxygens (including phenoxy) is 8. The molecule has 4 heterocycles. The van der Waals surface area contributed by atoms with E-state index in [1.54, 1.807) is 14.2 Å². The van der Waals surface area contributed by atoms with Crippen LogP contribution in [-0.4, -0.2) is 93.4 Å². The van der Waals surface area contributed by atoms with Gasteiger partial charge in [0.1, 0.15) is 35.2 Å². The van der Waals surface area contributed by atoms with Crippen LogP contribution in [0.4, 0.5) is 0 Å². The van der Waals surface area contributed by atoms with E-state index in [4.69, 9.17) is 51.2 Å². The zero-order valence-electron chi connectivity index (χ0n) is 39.2. The number of fused-ring (bicyclic) bond motifs is 5. The molecule has 0 amide bonds. The van der Waals surface area contributed by atoms with Gasteiger partial charge in [0.2, 0.25) is 17.7 Å². The van der Waals surface area contributed by atoms with E-state index in [9.17, 15) is 4.79 Å². The van der Waals surface area contributed by atoms with Crippen LogP contribution in [0.25, 0.3) is 10.8 Å². The summed E-state index contributed by atoms with van der Waals surface area (Å²) < 4.78 is 71.7. The third-order valence-corrected chi connectivity index (χ3v) is 23.5. The minimum Gasteiger partial charge on any atom is -0.510 e. The van der Waals surface area contributed by atoms with Gasteiger partial charge in [-0.05, 0) is 54.4 Å². The fraction of sp³-hybridized carbons (Fsp3) is 0.617. The van der Waals surface area contributed by atoms with E-state index >= 15 is 4.79 Å². The molecular weight excluding hydrogens is 829 g/mol. The first kappa shape index (κ1) is 45.2. The van der Waals surface area contributed by atoms with Crippen molar-refractivity contribution in [2.24, 2.45) is 0 Å². The lowest BCUT2D eigenvalue weighted by Crippen LogP contribution is -2.64. The van der Waals surface area contributed by atoms with Crippen LogP contribution in [0.3, 0.4) is 0 Å². The normalized spacial score (nSPS) is 27.8. The molecule has 0 N–H and O–H groups in total. The van der Waals surface area contributed by atoms with E-state index in [2.05, 4.69) is 75.4 Å². The summed E-state index contributed by atoms with van der Waals surface area (Å²) in [5.41, 5.74) is 1.93. The average molecular weight is 893 g/mol. The van der Waals surface area contributed by atoms with Gasteiger partial charge in [0.25, 0.3) is 5.79 Å². The van der Waals surface area contributed by atoms with Gasteiger partial charge in [0, 0.05) is 47.2 Å². The molecule has 0 radical (unpaired) electrons. The van der Waals surface area contributed by atoms with Crippen molar-refractivity contribution < 1.29 is 60.8 Å². The van der Waals surface area contributed by atoms with Gasteiger partial charge in [-0.1, -0.05) is 74.4 Å². The molecule has 6 atom stereocenters. The summed E-state index contributed by atoms with van der Waals surface area (Å²) in [5.74, 6) is -0.0244. The summed E-state index contributed by atoms with van der Waals surface area (Å²) in [4.78, 5) is 30.0. The van der Waals surface area contributed by atoms with Gasteiger partial charge in [-0.2, -0.15) is 0 Å². The highest BCUT2D eigenvalue weighted by molar-refractivity contribution is 6.75. The zero-order valence-corrected chi connectivity index (χ0v) is 41.2. The molecule has 15 heteroatoms.